The van der Waals surface area contributed by atoms with E-state index in [1.165, 1.54) is 19.5 Å². The number of furan rings is 1. The Labute approximate surface area is 104 Å². The lowest BCUT2D eigenvalue weighted by atomic mass is 10.1. The molecule has 2 heterocycles. The molecule has 0 aliphatic carbocycles. The van der Waals surface area contributed by atoms with Gasteiger partial charge in [-0.2, -0.15) is 0 Å². The zero-order chi connectivity index (χ0) is 12.1. The molecule has 3 nitrogen and oxygen atoms in total. The van der Waals surface area contributed by atoms with Gasteiger partial charge in [-0.15, -0.1) is 0 Å². The van der Waals surface area contributed by atoms with Gasteiger partial charge in [0.1, 0.15) is 5.76 Å². The Morgan fingerprint density at radius 2 is 2.35 bits per heavy atom. The first-order valence-electron chi connectivity index (χ1n) is 6.72. The Bertz CT molecular complexity index is 310. The van der Waals surface area contributed by atoms with Crippen molar-refractivity contribution < 1.29 is 4.42 Å². The van der Waals surface area contributed by atoms with Crippen molar-refractivity contribution >= 4 is 0 Å². The van der Waals surface area contributed by atoms with Crippen LogP contribution >= 0.6 is 0 Å². The average molecular weight is 236 g/mol. The van der Waals surface area contributed by atoms with E-state index in [9.17, 15) is 0 Å². The van der Waals surface area contributed by atoms with Gasteiger partial charge in [0.15, 0.2) is 0 Å². The quantitative estimate of drug-likeness (QED) is 0.871. The molecule has 0 bridgehead atoms. The van der Waals surface area contributed by atoms with Crippen LogP contribution in [0, 0.1) is 5.92 Å². The summed E-state index contributed by atoms with van der Waals surface area (Å²) in [5, 5.41) is 3.58. The van der Waals surface area contributed by atoms with E-state index in [4.69, 9.17) is 4.42 Å². The fourth-order valence-corrected chi connectivity index (χ4v) is 2.40. The molecule has 96 valence electrons. The molecular weight excluding hydrogens is 212 g/mol. The highest BCUT2D eigenvalue weighted by Crippen LogP contribution is 2.09. The minimum Gasteiger partial charge on any atom is -0.469 e. The molecule has 3 heteroatoms. The van der Waals surface area contributed by atoms with Crippen LogP contribution in [0.2, 0.25) is 0 Å². The van der Waals surface area contributed by atoms with Crippen molar-refractivity contribution in [1.29, 1.82) is 0 Å². The van der Waals surface area contributed by atoms with Crippen LogP contribution in [0.15, 0.2) is 22.8 Å². The van der Waals surface area contributed by atoms with Gasteiger partial charge in [0, 0.05) is 25.6 Å². The van der Waals surface area contributed by atoms with Crippen LogP contribution in [0.1, 0.15) is 26.0 Å². The molecule has 2 atom stereocenters. The van der Waals surface area contributed by atoms with Gasteiger partial charge in [-0.25, -0.2) is 0 Å². The Morgan fingerprint density at radius 1 is 1.47 bits per heavy atom. The van der Waals surface area contributed by atoms with Crippen LogP contribution in [-0.2, 0) is 6.42 Å². The summed E-state index contributed by atoms with van der Waals surface area (Å²) in [6.07, 6.45) is 4.03. The molecule has 1 aromatic heterocycles. The SMILES string of the molecule is CC1CNC(C)CCN(CCc2ccco2)C1. The van der Waals surface area contributed by atoms with E-state index >= 15 is 0 Å². The highest BCUT2D eigenvalue weighted by Gasteiger charge is 2.16. The third-order valence-electron chi connectivity index (χ3n) is 3.52. The number of rotatable bonds is 3. The summed E-state index contributed by atoms with van der Waals surface area (Å²) in [6, 6.07) is 4.68. The summed E-state index contributed by atoms with van der Waals surface area (Å²) in [6.45, 7) is 9.25. The molecule has 2 unspecified atom stereocenters. The summed E-state index contributed by atoms with van der Waals surface area (Å²) in [7, 11) is 0. The van der Waals surface area contributed by atoms with E-state index in [1.54, 1.807) is 6.26 Å². The lowest BCUT2D eigenvalue weighted by molar-refractivity contribution is 0.201. The van der Waals surface area contributed by atoms with Crippen molar-refractivity contribution in [2.24, 2.45) is 5.92 Å². The number of hydrogen-bond donors (Lipinski definition) is 1. The second-order valence-corrected chi connectivity index (χ2v) is 5.33. The number of nitrogens with one attached hydrogen (secondary N) is 1. The summed E-state index contributed by atoms with van der Waals surface area (Å²) in [5.74, 6) is 1.83. The minimum atomic E-state index is 0.642. The second kappa shape index (κ2) is 6.22. The van der Waals surface area contributed by atoms with Crippen molar-refractivity contribution in [2.45, 2.75) is 32.7 Å². The third kappa shape index (κ3) is 4.17. The monoisotopic (exact) mass is 236 g/mol. The number of hydrogen-bond acceptors (Lipinski definition) is 3. The van der Waals surface area contributed by atoms with Crippen molar-refractivity contribution in [3.05, 3.63) is 24.2 Å². The molecule has 0 radical (unpaired) electrons. The van der Waals surface area contributed by atoms with Gasteiger partial charge in [0.05, 0.1) is 6.26 Å². The largest absolute Gasteiger partial charge is 0.469 e. The normalized spacial score (nSPS) is 27.6. The molecule has 0 saturated carbocycles. The lowest BCUT2D eigenvalue weighted by Crippen LogP contribution is -2.43. The molecule has 0 spiro atoms. The first-order chi connectivity index (χ1) is 8.24. The van der Waals surface area contributed by atoms with E-state index in [1.807, 2.05) is 6.07 Å². The highest BCUT2D eigenvalue weighted by atomic mass is 16.3. The van der Waals surface area contributed by atoms with Gasteiger partial charge >= 0.3 is 0 Å². The predicted molar refractivity (Wildman–Crippen MR) is 70.1 cm³/mol. The van der Waals surface area contributed by atoms with E-state index < -0.39 is 0 Å². The van der Waals surface area contributed by atoms with Crippen LogP contribution in [0.4, 0.5) is 0 Å². The Balaban J connectivity index is 1.81. The van der Waals surface area contributed by atoms with Crippen molar-refractivity contribution in [2.75, 3.05) is 26.2 Å². The van der Waals surface area contributed by atoms with E-state index in [-0.39, 0.29) is 0 Å². The fourth-order valence-electron chi connectivity index (χ4n) is 2.40. The second-order valence-electron chi connectivity index (χ2n) is 5.33. The molecule has 1 aromatic rings. The standard InChI is InChI=1S/C14H24N2O/c1-12-10-15-13(2)5-7-16(11-12)8-6-14-4-3-9-17-14/h3-4,9,12-13,15H,5-8,10-11H2,1-2H3. The van der Waals surface area contributed by atoms with Gasteiger partial charge < -0.3 is 14.6 Å². The molecule has 1 aliphatic heterocycles. The maximum absolute atomic E-state index is 5.39. The van der Waals surface area contributed by atoms with Crippen LogP contribution in [0.3, 0.4) is 0 Å². The molecule has 1 fully saturated rings. The van der Waals surface area contributed by atoms with Gasteiger partial charge in [-0.05, 0) is 44.5 Å². The smallest absolute Gasteiger partial charge is 0.105 e. The minimum absolute atomic E-state index is 0.642. The maximum Gasteiger partial charge on any atom is 0.105 e. The molecule has 2 rings (SSSR count). The average Bonchev–Trinajstić information content (AvgIpc) is 2.81. The fraction of sp³-hybridized carbons (Fsp3) is 0.714. The van der Waals surface area contributed by atoms with E-state index in [2.05, 4.69) is 30.1 Å². The van der Waals surface area contributed by atoms with Crippen molar-refractivity contribution in [3.63, 3.8) is 0 Å². The molecule has 1 saturated heterocycles. The van der Waals surface area contributed by atoms with Crippen molar-refractivity contribution in [1.82, 2.24) is 10.2 Å². The number of nitrogens with zero attached hydrogens (tertiary/aromatic N) is 1. The zero-order valence-corrected chi connectivity index (χ0v) is 11.0. The summed E-state index contributed by atoms with van der Waals surface area (Å²) < 4.78 is 5.39. The van der Waals surface area contributed by atoms with E-state index in [0.29, 0.717) is 6.04 Å². The van der Waals surface area contributed by atoms with Crippen LogP contribution in [0.25, 0.3) is 0 Å². The lowest BCUT2D eigenvalue weighted by Gasteiger charge is -2.30. The predicted octanol–water partition coefficient (Wildman–Crippen LogP) is 2.14. The summed E-state index contributed by atoms with van der Waals surface area (Å²) in [4.78, 5) is 2.57. The molecule has 0 amide bonds. The molecule has 1 N–H and O–H groups in total. The maximum atomic E-state index is 5.39. The molecular formula is C14H24N2O. The summed E-state index contributed by atoms with van der Waals surface area (Å²) >= 11 is 0. The zero-order valence-electron chi connectivity index (χ0n) is 11.0. The van der Waals surface area contributed by atoms with Crippen LogP contribution in [-0.4, -0.2) is 37.1 Å². The highest BCUT2D eigenvalue weighted by molar-refractivity contribution is 4.98. The molecule has 17 heavy (non-hydrogen) atoms. The van der Waals surface area contributed by atoms with Gasteiger partial charge in [0.25, 0.3) is 0 Å². The van der Waals surface area contributed by atoms with Gasteiger partial charge in [-0.1, -0.05) is 6.92 Å². The Hall–Kier alpha value is -0.800. The van der Waals surface area contributed by atoms with Crippen molar-refractivity contribution in [3.8, 4) is 0 Å². The van der Waals surface area contributed by atoms with Crippen LogP contribution in [0.5, 0.6) is 0 Å². The molecule has 1 aliphatic rings. The Morgan fingerprint density at radius 3 is 3.12 bits per heavy atom. The summed E-state index contributed by atoms with van der Waals surface area (Å²) in [5.41, 5.74) is 0. The first kappa shape index (κ1) is 12.7. The first-order valence-corrected chi connectivity index (χ1v) is 6.72. The third-order valence-corrected chi connectivity index (χ3v) is 3.52. The Kier molecular flexibility index (Phi) is 4.63. The van der Waals surface area contributed by atoms with Gasteiger partial charge in [-0.3, -0.25) is 0 Å². The topological polar surface area (TPSA) is 28.4 Å². The molecule has 0 aromatic carbocycles. The van der Waals surface area contributed by atoms with E-state index in [0.717, 1.165) is 31.2 Å². The van der Waals surface area contributed by atoms with Gasteiger partial charge in [0.2, 0.25) is 0 Å². The van der Waals surface area contributed by atoms with Crippen LogP contribution < -0.4 is 5.32 Å².